The lowest BCUT2D eigenvalue weighted by molar-refractivity contribution is 0.0697. The van der Waals surface area contributed by atoms with Gasteiger partial charge in [-0.2, -0.15) is 0 Å². The molecule has 1 aromatic rings. The average Bonchev–Trinajstić information content (AvgIpc) is 2.40. The Morgan fingerprint density at radius 1 is 1.32 bits per heavy atom. The Morgan fingerprint density at radius 2 is 1.95 bits per heavy atom. The molecular weight excluding hydrogens is 306 g/mol. The number of aromatic carboxylic acids is 1. The molecule has 0 aliphatic rings. The van der Waals surface area contributed by atoms with Crippen molar-refractivity contribution in [2.75, 3.05) is 18.0 Å². The molecule has 0 saturated carbocycles. The van der Waals surface area contributed by atoms with Gasteiger partial charge < -0.3 is 10.0 Å². The number of hydrogen-bond donors (Lipinski definition) is 1. The van der Waals surface area contributed by atoms with Crippen molar-refractivity contribution in [2.45, 2.75) is 33.6 Å². The quantitative estimate of drug-likeness (QED) is 0.806. The summed E-state index contributed by atoms with van der Waals surface area (Å²) in [4.78, 5) is 13.5. The van der Waals surface area contributed by atoms with Gasteiger partial charge in [0.15, 0.2) is 0 Å². The maximum absolute atomic E-state index is 11.3. The zero-order valence-corrected chi connectivity index (χ0v) is 13.4. The Labute approximate surface area is 123 Å². The highest BCUT2D eigenvalue weighted by Gasteiger charge is 2.17. The molecule has 0 aliphatic heterocycles. The van der Waals surface area contributed by atoms with Gasteiger partial charge in [-0.3, -0.25) is 0 Å². The number of benzene rings is 1. The van der Waals surface area contributed by atoms with Crippen LogP contribution < -0.4 is 4.90 Å². The Bertz CT molecular complexity index is 430. The summed E-state index contributed by atoms with van der Waals surface area (Å²) in [5, 5.41) is 9.31. The number of hydrogen-bond acceptors (Lipinski definition) is 2. The number of nitrogens with zero attached hydrogens (tertiary/aromatic N) is 1. The van der Waals surface area contributed by atoms with Crippen molar-refractivity contribution in [1.82, 2.24) is 0 Å². The zero-order valence-electron chi connectivity index (χ0n) is 11.8. The minimum atomic E-state index is -0.870. The summed E-state index contributed by atoms with van der Waals surface area (Å²) >= 11 is 3.42. The van der Waals surface area contributed by atoms with Gasteiger partial charge in [-0.15, -0.1) is 0 Å². The van der Waals surface area contributed by atoms with Crippen LogP contribution in [0, 0.1) is 5.92 Å². The van der Waals surface area contributed by atoms with Crippen LogP contribution >= 0.6 is 15.9 Å². The van der Waals surface area contributed by atoms with Crippen LogP contribution in [0.15, 0.2) is 22.7 Å². The largest absolute Gasteiger partial charge is 0.478 e. The van der Waals surface area contributed by atoms with E-state index in [1.165, 1.54) is 0 Å². The highest BCUT2D eigenvalue weighted by Crippen LogP contribution is 2.27. The van der Waals surface area contributed by atoms with Gasteiger partial charge in [0.05, 0.1) is 11.3 Å². The summed E-state index contributed by atoms with van der Waals surface area (Å²) in [6.07, 6.45) is 2.23. The number of rotatable bonds is 7. The van der Waals surface area contributed by atoms with E-state index >= 15 is 0 Å². The summed E-state index contributed by atoms with van der Waals surface area (Å²) in [7, 11) is 0. The summed E-state index contributed by atoms with van der Waals surface area (Å²) in [5.41, 5.74) is 1.17. The second-order valence-electron chi connectivity index (χ2n) is 4.69. The van der Waals surface area contributed by atoms with E-state index < -0.39 is 5.97 Å². The molecule has 0 saturated heterocycles. The fourth-order valence-corrected chi connectivity index (χ4v) is 2.55. The van der Waals surface area contributed by atoms with E-state index in [1.807, 2.05) is 6.07 Å². The minimum absolute atomic E-state index is 0.371. The Hall–Kier alpha value is -1.03. The molecule has 1 aromatic carbocycles. The number of carbonyl (C=O) groups is 1. The molecule has 0 bridgehead atoms. The van der Waals surface area contributed by atoms with Gasteiger partial charge in [-0.1, -0.05) is 42.6 Å². The molecule has 0 aromatic heterocycles. The molecule has 1 rings (SSSR count). The van der Waals surface area contributed by atoms with Gasteiger partial charge in [0, 0.05) is 17.6 Å². The molecule has 0 unspecified atom stereocenters. The third-order valence-electron chi connectivity index (χ3n) is 3.55. The smallest absolute Gasteiger partial charge is 0.337 e. The third-order valence-corrected chi connectivity index (χ3v) is 4.04. The number of halogens is 1. The van der Waals surface area contributed by atoms with Crippen molar-refractivity contribution < 1.29 is 9.90 Å². The summed E-state index contributed by atoms with van der Waals surface area (Å²) in [6, 6.07) is 5.34. The van der Waals surface area contributed by atoms with Crippen molar-refractivity contribution in [1.29, 1.82) is 0 Å². The fraction of sp³-hybridized carbons (Fsp3) is 0.533. The molecule has 1 N–H and O–H groups in total. The lowest BCUT2D eigenvalue weighted by atomic mass is 10.0. The lowest BCUT2D eigenvalue weighted by Gasteiger charge is -2.28. The van der Waals surface area contributed by atoms with Gasteiger partial charge in [0.2, 0.25) is 0 Å². The van der Waals surface area contributed by atoms with Crippen LogP contribution in [-0.2, 0) is 0 Å². The molecule has 0 amide bonds. The number of carboxylic acids is 1. The first kappa shape index (κ1) is 16.0. The molecule has 3 nitrogen and oxygen atoms in total. The van der Waals surface area contributed by atoms with Gasteiger partial charge in [0.1, 0.15) is 0 Å². The van der Waals surface area contributed by atoms with Gasteiger partial charge in [-0.25, -0.2) is 4.79 Å². The first-order valence-electron chi connectivity index (χ1n) is 6.81. The van der Waals surface area contributed by atoms with Crippen molar-refractivity contribution in [3.05, 3.63) is 28.2 Å². The summed E-state index contributed by atoms with van der Waals surface area (Å²) < 4.78 is 0.912. The molecule has 0 radical (unpaired) electrons. The Balaban J connectivity index is 3.09. The maximum Gasteiger partial charge on any atom is 0.337 e. The topological polar surface area (TPSA) is 40.5 Å². The highest BCUT2D eigenvalue weighted by atomic mass is 79.9. The summed E-state index contributed by atoms with van der Waals surface area (Å²) in [5.74, 6) is -0.272. The highest BCUT2D eigenvalue weighted by molar-refractivity contribution is 9.10. The third kappa shape index (κ3) is 4.23. The molecule has 0 heterocycles. The van der Waals surface area contributed by atoms with E-state index in [4.69, 9.17) is 0 Å². The zero-order chi connectivity index (χ0) is 14.4. The fourth-order valence-electron chi connectivity index (χ4n) is 2.20. The van der Waals surface area contributed by atoms with E-state index in [0.29, 0.717) is 11.5 Å². The first-order chi connectivity index (χ1) is 9.03. The lowest BCUT2D eigenvalue weighted by Crippen LogP contribution is -2.30. The van der Waals surface area contributed by atoms with Crippen LogP contribution in [0.5, 0.6) is 0 Å². The van der Waals surface area contributed by atoms with Crippen LogP contribution in [0.2, 0.25) is 0 Å². The first-order valence-corrected chi connectivity index (χ1v) is 7.60. The molecule has 106 valence electrons. The second-order valence-corrected chi connectivity index (χ2v) is 5.60. The molecular formula is C15H22BrNO2. The van der Waals surface area contributed by atoms with Crippen LogP contribution in [-0.4, -0.2) is 24.2 Å². The Kier molecular flexibility index (Phi) is 6.35. The van der Waals surface area contributed by atoms with E-state index in [9.17, 15) is 9.90 Å². The van der Waals surface area contributed by atoms with E-state index in [2.05, 4.69) is 41.6 Å². The standard InChI is InChI=1S/C15H22BrNO2/c1-4-11(5-2)10-17(6-3)14-9-12(16)7-8-13(14)15(18)19/h7-9,11H,4-6,10H2,1-3H3,(H,18,19). The van der Waals surface area contributed by atoms with E-state index in [1.54, 1.807) is 12.1 Å². The van der Waals surface area contributed by atoms with Crippen molar-refractivity contribution in [3.8, 4) is 0 Å². The van der Waals surface area contributed by atoms with Crippen LogP contribution in [0.1, 0.15) is 44.0 Å². The Morgan fingerprint density at radius 3 is 2.42 bits per heavy atom. The van der Waals surface area contributed by atoms with E-state index in [0.717, 1.165) is 36.1 Å². The monoisotopic (exact) mass is 327 g/mol. The molecule has 19 heavy (non-hydrogen) atoms. The average molecular weight is 328 g/mol. The second kappa shape index (κ2) is 7.53. The molecule has 0 aliphatic carbocycles. The predicted octanol–water partition coefficient (Wildman–Crippen LogP) is 4.41. The predicted molar refractivity (Wildman–Crippen MR) is 83.1 cm³/mol. The normalized spacial score (nSPS) is 10.8. The molecule has 0 spiro atoms. The van der Waals surface area contributed by atoms with Crippen LogP contribution in [0.3, 0.4) is 0 Å². The maximum atomic E-state index is 11.3. The van der Waals surface area contributed by atoms with Crippen molar-refractivity contribution >= 4 is 27.6 Å². The van der Waals surface area contributed by atoms with Gasteiger partial charge in [-0.05, 0) is 31.0 Å². The van der Waals surface area contributed by atoms with Gasteiger partial charge >= 0.3 is 5.97 Å². The van der Waals surface area contributed by atoms with Crippen LogP contribution in [0.4, 0.5) is 5.69 Å². The van der Waals surface area contributed by atoms with Crippen molar-refractivity contribution in [3.63, 3.8) is 0 Å². The van der Waals surface area contributed by atoms with Crippen molar-refractivity contribution in [2.24, 2.45) is 5.92 Å². The molecule has 4 heteroatoms. The van der Waals surface area contributed by atoms with Crippen LogP contribution in [0.25, 0.3) is 0 Å². The number of anilines is 1. The summed E-state index contributed by atoms with van der Waals surface area (Å²) in [6.45, 7) is 8.14. The number of carboxylic acid groups (broad SMARTS) is 1. The SMILES string of the molecule is CCC(CC)CN(CC)c1cc(Br)ccc1C(=O)O. The van der Waals surface area contributed by atoms with Gasteiger partial charge in [0.25, 0.3) is 0 Å². The molecule has 0 fully saturated rings. The molecule has 0 atom stereocenters. The minimum Gasteiger partial charge on any atom is -0.478 e. The van der Waals surface area contributed by atoms with E-state index in [-0.39, 0.29) is 0 Å².